The lowest BCUT2D eigenvalue weighted by molar-refractivity contribution is -0.141. The Balaban J connectivity index is 3.14. The van der Waals surface area contributed by atoms with Gasteiger partial charge in [0.25, 0.3) is 0 Å². The number of carbonyl (C=O) groups excluding carboxylic acids is 1. The minimum atomic E-state index is -2.01. The number of esters is 1. The quantitative estimate of drug-likeness (QED) is 0.195. The van der Waals surface area contributed by atoms with E-state index in [1.165, 1.54) is 7.11 Å². The fourth-order valence-electron chi connectivity index (χ4n) is 3.91. The van der Waals surface area contributed by atoms with Gasteiger partial charge in [0.15, 0.2) is 16.6 Å². The Morgan fingerprint density at radius 1 is 1.03 bits per heavy atom. The molecule has 5 nitrogen and oxygen atoms in total. The second-order valence-electron chi connectivity index (χ2n) is 12.8. The third kappa shape index (κ3) is 8.91. The molecule has 0 aromatic heterocycles. The number of hydrogen-bond acceptors (Lipinski definition) is 5. The van der Waals surface area contributed by atoms with Crippen molar-refractivity contribution in [1.29, 1.82) is 0 Å². The highest BCUT2D eigenvalue weighted by atomic mass is 28.4. The van der Waals surface area contributed by atoms with Crippen LogP contribution in [0.1, 0.15) is 73.6 Å². The second-order valence-corrected chi connectivity index (χ2v) is 22.3. The molecule has 1 unspecified atom stereocenters. The van der Waals surface area contributed by atoms with E-state index in [0.717, 1.165) is 19.3 Å². The van der Waals surface area contributed by atoms with Crippen molar-refractivity contribution in [1.82, 2.24) is 0 Å². The summed E-state index contributed by atoms with van der Waals surface area (Å²) in [7, 11) is -2.47. The lowest BCUT2D eigenvalue weighted by Gasteiger charge is -2.40. The maximum atomic E-state index is 11.8. The summed E-state index contributed by atoms with van der Waals surface area (Å²) in [5, 5.41) is 9.90. The molecule has 1 saturated carbocycles. The maximum Gasteiger partial charge on any atom is 0.305 e. The molecule has 1 N–H and O–H groups in total. The van der Waals surface area contributed by atoms with Crippen LogP contribution < -0.4 is 0 Å². The number of methoxy groups -OCH3 is 1. The lowest BCUT2D eigenvalue weighted by Crippen LogP contribution is -2.45. The fourth-order valence-corrected chi connectivity index (χ4v) is 6.60. The SMILES string of the molecule is COC(=O)CCC(/C=C/[C@H]1[C@@H](CCO)CC[C@@H]1O[Si](C)(C)C(C)(C)C)O[Si](C)(C)C(C)(C)C. The fraction of sp³-hybridized carbons (Fsp3) is 0.885. The molecule has 1 aliphatic rings. The highest BCUT2D eigenvalue weighted by Crippen LogP contribution is 2.44. The topological polar surface area (TPSA) is 65.0 Å². The maximum absolute atomic E-state index is 11.8. The standard InChI is InChI=1S/C26H52O5Si2/c1-25(2,3)32(8,9)30-21(14-17-24(28)29-7)13-15-22-20(18-19-27)12-16-23(22)31-33(10,11)26(4,5)6/h13,15,20-23,27H,12,14,16-19H2,1-11H3/b15-13+/t20-,21?,22+,23+/m1/s1. The van der Waals surface area contributed by atoms with Gasteiger partial charge in [-0.2, -0.15) is 0 Å². The molecule has 0 amide bonds. The average Bonchev–Trinajstić information content (AvgIpc) is 3.02. The third-order valence-corrected chi connectivity index (χ3v) is 17.2. The molecule has 4 atom stereocenters. The number of aliphatic hydroxyl groups excluding tert-OH is 1. The summed E-state index contributed by atoms with van der Waals surface area (Å²) >= 11 is 0. The normalized spacial score (nSPS) is 23.8. The third-order valence-electron chi connectivity index (χ3n) is 8.21. The molecular weight excluding hydrogens is 448 g/mol. The molecule has 0 saturated heterocycles. The van der Waals surface area contributed by atoms with Gasteiger partial charge in [-0.1, -0.05) is 53.7 Å². The van der Waals surface area contributed by atoms with Crippen LogP contribution in [0, 0.1) is 11.8 Å². The minimum absolute atomic E-state index is 0.0884. The van der Waals surface area contributed by atoms with Gasteiger partial charge in [-0.05, 0) is 67.9 Å². The number of hydrogen-bond donors (Lipinski definition) is 1. The summed E-state index contributed by atoms with van der Waals surface area (Å²) in [4.78, 5) is 11.8. The molecule has 194 valence electrons. The van der Waals surface area contributed by atoms with Crippen LogP contribution in [0.15, 0.2) is 12.2 Å². The molecule has 7 heteroatoms. The van der Waals surface area contributed by atoms with Crippen molar-refractivity contribution in [3.05, 3.63) is 12.2 Å². The summed E-state index contributed by atoms with van der Waals surface area (Å²) in [5.74, 6) is 0.468. The number of rotatable bonds is 11. The van der Waals surface area contributed by atoms with Crippen molar-refractivity contribution in [2.75, 3.05) is 13.7 Å². The van der Waals surface area contributed by atoms with Gasteiger partial charge in [0, 0.05) is 18.9 Å². The Kier molecular flexibility index (Phi) is 11.1. The van der Waals surface area contributed by atoms with Crippen LogP contribution in [-0.4, -0.2) is 53.6 Å². The van der Waals surface area contributed by atoms with Crippen molar-refractivity contribution in [2.45, 2.75) is 122 Å². The minimum Gasteiger partial charge on any atom is -0.469 e. The van der Waals surface area contributed by atoms with Crippen LogP contribution in [0.2, 0.25) is 36.3 Å². The van der Waals surface area contributed by atoms with E-state index >= 15 is 0 Å². The Morgan fingerprint density at radius 2 is 1.61 bits per heavy atom. The molecule has 1 rings (SSSR count). The van der Waals surface area contributed by atoms with E-state index < -0.39 is 16.6 Å². The van der Waals surface area contributed by atoms with Gasteiger partial charge in [-0.25, -0.2) is 0 Å². The Labute approximate surface area is 205 Å². The molecule has 0 aliphatic heterocycles. The van der Waals surface area contributed by atoms with Gasteiger partial charge in [0.1, 0.15) is 0 Å². The van der Waals surface area contributed by atoms with E-state index in [0.29, 0.717) is 18.8 Å². The van der Waals surface area contributed by atoms with Gasteiger partial charge >= 0.3 is 5.97 Å². The molecule has 0 heterocycles. The molecular formula is C26H52O5Si2. The van der Waals surface area contributed by atoms with Crippen LogP contribution in [-0.2, 0) is 18.4 Å². The van der Waals surface area contributed by atoms with Gasteiger partial charge in [0.05, 0.1) is 19.3 Å². The van der Waals surface area contributed by atoms with Gasteiger partial charge in [-0.3, -0.25) is 4.79 Å². The zero-order valence-electron chi connectivity index (χ0n) is 23.3. The summed E-state index contributed by atoms with van der Waals surface area (Å²) in [5.41, 5.74) is 0. The van der Waals surface area contributed by atoms with Crippen LogP contribution in [0.5, 0.6) is 0 Å². The summed E-state index contributed by atoms with van der Waals surface area (Å²) < 4.78 is 18.4. The van der Waals surface area contributed by atoms with Gasteiger partial charge in [0.2, 0.25) is 0 Å². The van der Waals surface area contributed by atoms with Crippen LogP contribution in [0.4, 0.5) is 0 Å². The Hall–Kier alpha value is -0.476. The van der Waals surface area contributed by atoms with E-state index in [2.05, 4.69) is 79.9 Å². The van der Waals surface area contributed by atoms with Crippen molar-refractivity contribution in [3.63, 3.8) is 0 Å². The Morgan fingerprint density at radius 3 is 2.09 bits per heavy atom. The average molecular weight is 501 g/mol. The highest BCUT2D eigenvalue weighted by Gasteiger charge is 2.44. The summed E-state index contributed by atoms with van der Waals surface area (Å²) in [6.45, 7) is 22.9. The zero-order valence-corrected chi connectivity index (χ0v) is 25.3. The molecule has 1 fully saturated rings. The highest BCUT2D eigenvalue weighted by molar-refractivity contribution is 6.74. The van der Waals surface area contributed by atoms with E-state index in [1.54, 1.807) is 0 Å². The van der Waals surface area contributed by atoms with Crippen molar-refractivity contribution < 1.29 is 23.5 Å². The van der Waals surface area contributed by atoms with E-state index in [4.69, 9.17) is 13.6 Å². The smallest absolute Gasteiger partial charge is 0.305 e. The lowest BCUT2D eigenvalue weighted by atomic mass is 9.91. The van der Waals surface area contributed by atoms with Gasteiger partial charge in [-0.15, -0.1) is 0 Å². The van der Waals surface area contributed by atoms with Crippen LogP contribution >= 0.6 is 0 Å². The van der Waals surface area contributed by atoms with Crippen molar-refractivity contribution in [3.8, 4) is 0 Å². The monoisotopic (exact) mass is 500 g/mol. The van der Waals surface area contributed by atoms with E-state index in [-0.39, 0.29) is 40.8 Å². The van der Waals surface area contributed by atoms with Crippen molar-refractivity contribution >= 4 is 22.6 Å². The summed E-state index contributed by atoms with van der Waals surface area (Å²) in [6, 6.07) is 0. The Bertz CT molecular complexity index is 646. The largest absolute Gasteiger partial charge is 0.469 e. The second kappa shape index (κ2) is 12.0. The molecule has 0 radical (unpaired) electrons. The first kappa shape index (κ1) is 30.6. The van der Waals surface area contributed by atoms with E-state index in [1.807, 2.05) is 0 Å². The number of aliphatic hydroxyl groups is 1. The molecule has 0 aromatic carbocycles. The molecule has 0 aromatic rings. The van der Waals surface area contributed by atoms with E-state index in [9.17, 15) is 9.90 Å². The van der Waals surface area contributed by atoms with Crippen molar-refractivity contribution in [2.24, 2.45) is 11.8 Å². The molecule has 0 bridgehead atoms. The van der Waals surface area contributed by atoms with Crippen LogP contribution in [0.3, 0.4) is 0 Å². The first-order valence-corrected chi connectivity index (χ1v) is 18.5. The molecule has 33 heavy (non-hydrogen) atoms. The molecule has 0 spiro atoms. The van der Waals surface area contributed by atoms with Crippen LogP contribution in [0.25, 0.3) is 0 Å². The zero-order chi connectivity index (χ0) is 25.7. The summed E-state index contributed by atoms with van der Waals surface area (Å²) in [6.07, 6.45) is 8.35. The first-order valence-electron chi connectivity index (χ1n) is 12.7. The predicted molar refractivity (Wildman–Crippen MR) is 142 cm³/mol. The predicted octanol–water partition coefficient (Wildman–Crippen LogP) is 6.69. The molecule has 1 aliphatic carbocycles. The first-order chi connectivity index (χ1) is 14.9. The number of ether oxygens (including phenoxy) is 1. The number of carbonyl (C=O) groups is 1. The van der Waals surface area contributed by atoms with Gasteiger partial charge < -0.3 is 18.7 Å².